The first-order valence-electron chi connectivity index (χ1n) is 6.85. The van der Waals surface area contributed by atoms with Crippen molar-refractivity contribution in [1.29, 1.82) is 0 Å². The number of halogens is 2. The van der Waals surface area contributed by atoms with Crippen molar-refractivity contribution in [2.24, 2.45) is 0 Å². The molecule has 2 aromatic rings. The Balaban J connectivity index is 1.97. The highest BCUT2D eigenvalue weighted by atomic mass is 35.5. The fourth-order valence-electron chi connectivity index (χ4n) is 2.09. The molecule has 0 aliphatic carbocycles. The van der Waals surface area contributed by atoms with E-state index >= 15 is 0 Å². The summed E-state index contributed by atoms with van der Waals surface area (Å²) in [4.78, 5) is 14.0. The molecule has 22 heavy (non-hydrogen) atoms. The maximum atomic E-state index is 12.1. The summed E-state index contributed by atoms with van der Waals surface area (Å²) < 4.78 is 5.49. The molecule has 6 heteroatoms. The van der Waals surface area contributed by atoms with Gasteiger partial charge in [0.25, 0.3) is 0 Å². The number of furan rings is 1. The summed E-state index contributed by atoms with van der Waals surface area (Å²) >= 11 is 12.3. The zero-order valence-electron chi connectivity index (χ0n) is 12.7. The van der Waals surface area contributed by atoms with Gasteiger partial charge < -0.3 is 9.73 Å². The van der Waals surface area contributed by atoms with Crippen molar-refractivity contribution in [2.75, 3.05) is 18.9 Å². The number of carbonyl (C=O) groups is 1. The number of nitrogens with one attached hydrogen (secondary N) is 1. The van der Waals surface area contributed by atoms with Crippen LogP contribution >= 0.6 is 23.2 Å². The molecule has 1 amide bonds. The Morgan fingerprint density at radius 1 is 1.23 bits per heavy atom. The highest BCUT2D eigenvalue weighted by Gasteiger charge is 2.14. The van der Waals surface area contributed by atoms with Crippen LogP contribution in [0, 0.1) is 13.8 Å². The van der Waals surface area contributed by atoms with Crippen LogP contribution in [0.1, 0.15) is 17.1 Å². The predicted molar refractivity (Wildman–Crippen MR) is 89.6 cm³/mol. The molecule has 0 radical (unpaired) electrons. The number of aryl methyl sites for hydroxylation is 2. The number of amides is 1. The summed E-state index contributed by atoms with van der Waals surface area (Å²) in [5.74, 6) is 1.49. The average Bonchev–Trinajstić information content (AvgIpc) is 2.84. The summed E-state index contributed by atoms with van der Waals surface area (Å²) in [6.45, 7) is 4.51. The van der Waals surface area contributed by atoms with Crippen LogP contribution in [0.2, 0.25) is 10.0 Å². The molecule has 0 aliphatic rings. The van der Waals surface area contributed by atoms with Crippen molar-refractivity contribution in [3.63, 3.8) is 0 Å². The van der Waals surface area contributed by atoms with E-state index < -0.39 is 0 Å². The molecular formula is C16H18Cl2N2O2. The Bertz CT molecular complexity index is 683. The van der Waals surface area contributed by atoms with Crippen molar-refractivity contribution in [1.82, 2.24) is 4.90 Å². The zero-order chi connectivity index (χ0) is 16.3. The van der Waals surface area contributed by atoms with E-state index in [9.17, 15) is 4.79 Å². The van der Waals surface area contributed by atoms with Crippen LogP contribution in [0.15, 0.2) is 28.7 Å². The Labute approximate surface area is 140 Å². The highest BCUT2D eigenvalue weighted by Crippen LogP contribution is 2.32. The molecule has 1 heterocycles. The van der Waals surface area contributed by atoms with Crippen LogP contribution < -0.4 is 5.32 Å². The molecule has 0 spiro atoms. The van der Waals surface area contributed by atoms with Crippen LogP contribution in [-0.2, 0) is 11.3 Å². The summed E-state index contributed by atoms with van der Waals surface area (Å²) in [6.07, 6.45) is 0. The van der Waals surface area contributed by atoms with Crippen LogP contribution in [0.5, 0.6) is 0 Å². The molecule has 1 N–H and O–H groups in total. The molecule has 4 nitrogen and oxygen atoms in total. The summed E-state index contributed by atoms with van der Waals surface area (Å²) in [6, 6.07) is 7.33. The van der Waals surface area contributed by atoms with E-state index in [4.69, 9.17) is 27.6 Å². The minimum atomic E-state index is -0.180. The lowest BCUT2D eigenvalue weighted by Gasteiger charge is -2.16. The number of nitrogens with zero attached hydrogens (tertiary/aromatic N) is 1. The average molecular weight is 341 g/mol. The quantitative estimate of drug-likeness (QED) is 0.883. The van der Waals surface area contributed by atoms with Gasteiger partial charge in [0.1, 0.15) is 11.5 Å². The highest BCUT2D eigenvalue weighted by molar-refractivity contribution is 6.40. The maximum Gasteiger partial charge on any atom is 0.238 e. The SMILES string of the molecule is Cc1ccc(CN(C)CC(=O)Nc2c(Cl)ccc(C)c2Cl)o1. The topological polar surface area (TPSA) is 45.5 Å². The van der Waals surface area contributed by atoms with Gasteiger partial charge in [-0.2, -0.15) is 0 Å². The maximum absolute atomic E-state index is 12.1. The number of carbonyl (C=O) groups excluding carboxylic acids is 1. The second kappa shape index (κ2) is 7.18. The van der Waals surface area contributed by atoms with E-state index in [1.807, 2.05) is 44.0 Å². The van der Waals surface area contributed by atoms with Gasteiger partial charge in [0.15, 0.2) is 0 Å². The minimum absolute atomic E-state index is 0.180. The first-order valence-corrected chi connectivity index (χ1v) is 7.60. The van der Waals surface area contributed by atoms with Crippen molar-refractivity contribution in [3.05, 3.63) is 51.4 Å². The molecule has 118 valence electrons. The largest absolute Gasteiger partial charge is 0.465 e. The molecule has 0 fully saturated rings. The van der Waals surface area contributed by atoms with E-state index in [2.05, 4.69) is 5.32 Å². The summed E-state index contributed by atoms with van der Waals surface area (Å²) in [5, 5.41) is 3.65. The number of rotatable bonds is 5. The van der Waals surface area contributed by atoms with Crippen LogP contribution in [-0.4, -0.2) is 24.4 Å². The Morgan fingerprint density at radius 2 is 1.95 bits per heavy atom. The van der Waals surface area contributed by atoms with Gasteiger partial charge in [-0.15, -0.1) is 0 Å². The van der Waals surface area contributed by atoms with Crippen molar-refractivity contribution in [3.8, 4) is 0 Å². The third-order valence-electron chi connectivity index (χ3n) is 3.18. The number of hydrogen-bond donors (Lipinski definition) is 1. The first kappa shape index (κ1) is 16.9. The van der Waals surface area contributed by atoms with Gasteiger partial charge in [-0.05, 0) is 44.7 Å². The summed E-state index contributed by atoms with van der Waals surface area (Å²) in [7, 11) is 1.84. The van der Waals surface area contributed by atoms with E-state index in [-0.39, 0.29) is 12.5 Å². The standard InChI is InChI=1S/C16H18Cl2N2O2/c1-10-4-7-13(17)16(15(10)18)19-14(21)9-20(3)8-12-6-5-11(2)22-12/h4-7H,8-9H2,1-3H3,(H,19,21). The number of hydrogen-bond acceptors (Lipinski definition) is 3. The van der Waals surface area contributed by atoms with Crippen molar-refractivity contribution >= 4 is 34.8 Å². The van der Waals surface area contributed by atoms with Gasteiger partial charge >= 0.3 is 0 Å². The molecule has 2 rings (SSSR count). The van der Waals surface area contributed by atoms with E-state index in [1.54, 1.807) is 6.07 Å². The smallest absolute Gasteiger partial charge is 0.238 e. The molecule has 0 saturated heterocycles. The predicted octanol–water partition coefficient (Wildman–Crippen LogP) is 4.27. The van der Waals surface area contributed by atoms with Gasteiger partial charge in [-0.1, -0.05) is 29.3 Å². The van der Waals surface area contributed by atoms with Gasteiger partial charge in [-0.3, -0.25) is 9.69 Å². The molecule has 0 bridgehead atoms. The van der Waals surface area contributed by atoms with E-state index in [0.29, 0.717) is 22.3 Å². The minimum Gasteiger partial charge on any atom is -0.465 e. The lowest BCUT2D eigenvalue weighted by molar-refractivity contribution is -0.117. The fraction of sp³-hybridized carbons (Fsp3) is 0.312. The van der Waals surface area contributed by atoms with Crippen molar-refractivity contribution in [2.45, 2.75) is 20.4 Å². The molecule has 1 aromatic heterocycles. The van der Waals surface area contributed by atoms with Crippen LogP contribution in [0.25, 0.3) is 0 Å². The Morgan fingerprint density at radius 3 is 2.59 bits per heavy atom. The second-order valence-electron chi connectivity index (χ2n) is 5.29. The second-order valence-corrected chi connectivity index (χ2v) is 6.07. The number of benzene rings is 1. The van der Waals surface area contributed by atoms with Gasteiger partial charge in [0.2, 0.25) is 5.91 Å². The van der Waals surface area contributed by atoms with Crippen molar-refractivity contribution < 1.29 is 9.21 Å². The first-order chi connectivity index (χ1) is 10.4. The lowest BCUT2D eigenvalue weighted by Crippen LogP contribution is -2.29. The molecule has 0 saturated carbocycles. The van der Waals surface area contributed by atoms with Gasteiger partial charge in [0.05, 0.1) is 28.8 Å². The fourth-order valence-corrected chi connectivity index (χ4v) is 2.55. The lowest BCUT2D eigenvalue weighted by atomic mass is 10.2. The Hall–Kier alpha value is -1.49. The monoisotopic (exact) mass is 340 g/mol. The molecule has 0 unspecified atom stereocenters. The number of anilines is 1. The molecule has 0 aliphatic heterocycles. The van der Waals surface area contributed by atoms with Gasteiger partial charge in [0, 0.05) is 0 Å². The van der Waals surface area contributed by atoms with Crippen LogP contribution in [0.3, 0.4) is 0 Å². The molecular weight excluding hydrogens is 323 g/mol. The third kappa shape index (κ3) is 4.26. The third-order valence-corrected chi connectivity index (χ3v) is 3.99. The van der Waals surface area contributed by atoms with E-state index in [1.165, 1.54) is 0 Å². The van der Waals surface area contributed by atoms with Gasteiger partial charge in [-0.25, -0.2) is 0 Å². The zero-order valence-corrected chi connectivity index (χ0v) is 14.3. The van der Waals surface area contributed by atoms with E-state index in [0.717, 1.165) is 17.1 Å². The Kier molecular flexibility index (Phi) is 5.51. The normalized spacial score (nSPS) is 11.0. The molecule has 0 atom stereocenters. The summed E-state index contributed by atoms with van der Waals surface area (Å²) in [5.41, 5.74) is 1.32. The number of likely N-dealkylation sites (N-methyl/N-ethyl adjacent to an activating group) is 1. The van der Waals surface area contributed by atoms with Crippen LogP contribution in [0.4, 0.5) is 5.69 Å². The molecule has 1 aromatic carbocycles.